The Labute approximate surface area is 180 Å². The van der Waals surface area contributed by atoms with E-state index in [-0.39, 0.29) is 30.8 Å². The molecule has 0 saturated heterocycles. The van der Waals surface area contributed by atoms with Crippen LogP contribution in [0.1, 0.15) is 20.3 Å². The van der Waals surface area contributed by atoms with Gasteiger partial charge in [-0.15, -0.1) is 0 Å². The average molecular weight is 438 g/mol. The molecule has 0 aliphatic carbocycles. The van der Waals surface area contributed by atoms with Gasteiger partial charge in [0.15, 0.2) is 6.10 Å². The zero-order valence-electron chi connectivity index (χ0n) is 17.6. The number of carbonyl (C=O) groups is 5. The SMILES string of the molecule is C=CC(=O)OCCCOC(=O)C(=C)C(=O)OC(COC(=O)C(=C)C)COC(=O)C(=C)C. The lowest BCUT2D eigenvalue weighted by Gasteiger charge is -2.18. The molecule has 0 aliphatic heterocycles. The second-order valence-corrected chi connectivity index (χ2v) is 6.12. The molecule has 0 rings (SSSR count). The minimum Gasteiger partial charge on any atom is -0.462 e. The Hall–Kier alpha value is -3.69. The van der Waals surface area contributed by atoms with Gasteiger partial charge in [0.1, 0.15) is 18.8 Å². The van der Waals surface area contributed by atoms with Crippen molar-refractivity contribution in [1.82, 2.24) is 0 Å². The molecule has 0 heterocycles. The maximum Gasteiger partial charge on any atom is 0.345 e. The number of esters is 5. The second kappa shape index (κ2) is 14.3. The first-order chi connectivity index (χ1) is 14.5. The minimum atomic E-state index is -1.22. The van der Waals surface area contributed by atoms with Crippen molar-refractivity contribution in [3.63, 3.8) is 0 Å². The topological polar surface area (TPSA) is 132 Å². The molecule has 10 heteroatoms. The van der Waals surface area contributed by atoms with Gasteiger partial charge in [0.2, 0.25) is 0 Å². The molecule has 0 bridgehead atoms. The molecule has 0 unspecified atom stereocenters. The highest BCUT2D eigenvalue weighted by Gasteiger charge is 2.25. The lowest BCUT2D eigenvalue weighted by Crippen LogP contribution is -2.32. The monoisotopic (exact) mass is 438 g/mol. The smallest absolute Gasteiger partial charge is 0.345 e. The summed E-state index contributed by atoms with van der Waals surface area (Å²) in [5, 5.41) is 0. The maximum atomic E-state index is 12.1. The number of hydrogen-bond donors (Lipinski definition) is 0. The second-order valence-electron chi connectivity index (χ2n) is 6.12. The highest BCUT2D eigenvalue weighted by molar-refractivity contribution is 6.13. The fourth-order valence-electron chi connectivity index (χ4n) is 1.55. The van der Waals surface area contributed by atoms with Gasteiger partial charge in [-0.1, -0.05) is 26.3 Å². The third kappa shape index (κ3) is 11.8. The number of hydrogen-bond acceptors (Lipinski definition) is 10. The van der Waals surface area contributed by atoms with Gasteiger partial charge in [0.25, 0.3) is 0 Å². The van der Waals surface area contributed by atoms with Gasteiger partial charge in [-0.05, 0) is 13.8 Å². The van der Waals surface area contributed by atoms with E-state index in [9.17, 15) is 24.0 Å². The predicted molar refractivity (Wildman–Crippen MR) is 107 cm³/mol. The molecule has 0 radical (unpaired) electrons. The summed E-state index contributed by atoms with van der Waals surface area (Å²) < 4.78 is 24.4. The third-order valence-corrected chi connectivity index (χ3v) is 3.20. The summed E-state index contributed by atoms with van der Waals surface area (Å²) in [5.41, 5.74) is -0.419. The highest BCUT2D eigenvalue weighted by Crippen LogP contribution is 2.07. The van der Waals surface area contributed by atoms with Gasteiger partial charge in [-0.25, -0.2) is 24.0 Å². The highest BCUT2D eigenvalue weighted by atomic mass is 16.6. The number of rotatable bonds is 14. The van der Waals surface area contributed by atoms with Gasteiger partial charge in [0, 0.05) is 23.6 Å². The predicted octanol–water partition coefficient (Wildman–Crippen LogP) is 1.36. The third-order valence-electron chi connectivity index (χ3n) is 3.20. The van der Waals surface area contributed by atoms with E-state index in [1.807, 2.05) is 0 Å². The van der Waals surface area contributed by atoms with Crippen LogP contribution in [0.25, 0.3) is 0 Å². The van der Waals surface area contributed by atoms with Crippen LogP contribution in [-0.4, -0.2) is 62.4 Å². The molecule has 10 nitrogen and oxygen atoms in total. The summed E-state index contributed by atoms with van der Waals surface area (Å²) in [5.74, 6) is -4.34. The van der Waals surface area contributed by atoms with Crippen molar-refractivity contribution in [1.29, 1.82) is 0 Å². The van der Waals surface area contributed by atoms with Crippen LogP contribution < -0.4 is 0 Å². The summed E-state index contributed by atoms with van der Waals surface area (Å²) in [6, 6.07) is 0. The lowest BCUT2D eigenvalue weighted by molar-refractivity contribution is -0.163. The number of carbonyl (C=O) groups excluding carboxylic acids is 5. The Morgan fingerprint density at radius 3 is 1.68 bits per heavy atom. The Morgan fingerprint density at radius 2 is 1.23 bits per heavy atom. The summed E-state index contributed by atoms with van der Waals surface area (Å²) in [7, 11) is 0. The Bertz CT molecular complexity index is 732. The van der Waals surface area contributed by atoms with Gasteiger partial charge in [-0.3, -0.25) is 0 Å². The maximum absolute atomic E-state index is 12.1. The van der Waals surface area contributed by atoms with E-state index in [1.165, 1.54) is 13.8 Å². The van der Waals surface area contributed by atoms with Crippen molar-refractivity contribution in [2.45, 2.75) is 26.4 Å². The van der Waals surface area contributed by atoms with Crippen LogP contribution >= 0.6 is 0 Å². The molecule has 0 fully saturated rings. The van der Waals surface area contributed by atoms with E-state index in [0.717, 1.165) is 6.08 Å². The minimum absolute atomic E-state index is 0.0146. The van der Waals surface area contributed by atoms with Crippen LogP contribution in [0.4, 0.5) is 0 Å². The summed E-state index contributed by atoms with van der Waals surface area (Å²) in [6.07, 6.45) is -0.0482. The van der Waals surface area contributed by atoms with Crippen LogP contribution in [0.2, 0.25) is 0 Å². The van der Waals surface area contributed by atoms with Crippen LogP contribution in [-0.2, 0) is 47.7 Å². The largest absolute Gasteiger partial charge is 0.462 e. The summed E-state index contributed by atoms with van der Waals surface area (Å²) >= 11 is 0. The van der Waals surface area contributed by atoms with Gasteiger partial charge >= 0.3 is 29.8 Å². The van der Waals surface area contributed by atoms with Crippen molar-refractivity contribution < 1.29 is 47.7 Å². The summed E-state index contributed by atoms with van der Waals surface area (Å²) in [6.45, 7) is 15.1. The Morgan fingerprint density at radius 1 is 0.742 bits per heavy atom. The van der Waals surface area contributed by atoms with Crippen molar-refractivity contribution in [2.75, 3.05) is 26.4 Å². The van der Waals surface area contributed by atoms with E-state index >= 15 is 0 Å². The molecular weight excluding hydrogens is 412 g/mol. The van der Waals surface area contributed by atoms with Gasteiger partial charge < -0.3 is 23.7 Å². The van der Waals surface area contributed by atoms with Crippen LogP contribution in [0, 0.1) is 0 Å². The zero-order valence-corrected chi connectivity index (χ0v) is 17.6. The fourth-order valence-corrected chi connectivity index (χ4v) is 1.55. The van der Waals surface area contributed by atoms with E-state index in [4.69, 9.17) is 23.7 Å². The standard InChI is InChI=1S/C21H26O10/c1-7-17(22)27-9-8-10-28-20(25)15(6)21(26)31-16(11-29-18(23)13(2)3)12-30-19(24)14(4)5/h7,16H,1-2,4,6,8-12H2,3,5H3. The average Bonchev–Trinajstić information content (AvgIpc) is 2.73. The van der Waals surface area contributed by atoms with E-state index < -0.39 is 54.7 Å². The van der Waals surface area contributed by atoms with Crippen molar-refractivity contribution in [3.05, 3.63) is 49.1 Å². The molecular formula is C21H26O10. The van der Waals surface area contributed by atoms with Crippen molar-refractivity contribution in [3.8, 4) is 0 Å². The van der Waals surface area contributed by atoms with E-state index in [1.54, 1.807) is 0 Å². The molecule has 0 amide bonds. The molecule has 0 saturated carbocycles. The molecule has 0 atom stereocenters. The fraction of sp³-hybridized carbons (Fsp3) is 0.381. The molecule has 0 aromatic heterocycles. The Balaban J connectivity index is 4.73. The molecule has 170 valence electrons. The molecule has 0 aromatic rings. The molecule has 0 aromatic carbocycles. The van der Waals surface area contributed by atoms with Crippen molar-refractivity contribution >= 4 is 29.8 Å². The van der Waals surface area contributed by atoms with E-state index in [0.29, 0.717) is 0 Å². The quantitative estimate of drug-likeness (QED) is 0.0978. The van der Waals surface area contributed by atoms with Gasteiger partial charge in [-0.2, -0.15) is 0 Å². The molecule has 0 spiro atoms. The first kappa shape index (κ1) is 27.3. The normalized spacial score (nSPS) is 9.77. The van der Waals surface area contributed by atoms with Crippen LogP contribution in [0.15, 0.2) is 49.1 Å². The molecule has 0 N–H and O–H groups in total. The first-order valence-corrected chi connectivity index (χ1v) is 9.01. The number of ether oxygens (including phenoxy) is 5. The first-order valence-electron chi connectivity index (χ1n) is 9.01. The van der Waals surface area contributed by atoms with Gasteiger partial charge in [0.05, 0.1) is 13.2 Å². The summed E-state index contributed by atoms with van der Waals surface area (Å²) in [4.78, 5) is 58.0. The molecule has 0 aliphatic rings. The van der Waals surface area contributed by atoms with Crippen LogP contribution in [0.3, 0.4) is 0 Å². The van der Waals surface area contributed by atoms with Crippen molar-refractivity contribution in [2.24, 2.45) is 0 Å². The molecule has 31 heavy (non-hydrogen) atoms. The lowest BCUT2D eigenvalue weighted by atomic mass is 10.3. The zero-order chi connectivity index (χ0) is 24.0. The van der Waals surface area contributed by atoms with Crippen LogP contribution in [0.5, 0.6) is 0 Å². The van der Waals surface area contributed by atoms with E-state index in [2.05, 4.69) is 26.3 Å². The Kier molecular flexibility index (Phi) is 12.6.